The Hall–Kier alpha value is -1.98. The third-order valence-corrected chi connectivity index (χ3v) is 5.43. The topological polar surface area (TPSA) is 32.3 Å². The van der Waals surface area contributed by atoms with Crippen molar-refractivity contribution in [1.82, 2.24) is 14.9 Å². The van der Waals surface area contributed by atoms with E-state index in [0.717, 1.165) is 49.8 Å². The largest absolute Gasteiger partial charge is 0.345 e. The monoisotopic (exact) mass is 324 g/mol. The van der Waals surface area contributed by atoms with Crippen LogP contribution in [-0.2, 0) is 6.42 Å². The Kier molecular flexibility index (Phi) is 4.22. The van der Waals surface area contributed by atoms with Gasteiger partial charge in [0.1, 0.15) is 0 Å². The lowest BCUT2D eigenvalue weighted by atomic mass is 10.2. The van der Waals surface area contributed by atoms with E-state index in [1.165, 1.54) is 10.4 Å². The van der Waals surface area contributed by atoms with Crippen molar-refractivity contribution < 1.29 is 0 Å². The lowest BCUT2D eigenvalue weighted by Crippen LogP contribution is -2.47. The Bertz CT molecular complexity index is 730. The molecule has 1 aliphatic heterocycles. The number of rotatable bonds is 4. The third kappa shape index (κ3) is 3.35. The van der Waals surface area contributed by atoms with Crippen molar-refractivity contribution in [2.24, 2.45) is 0 Å². The number of fused-ring (bicyclic) bond motifs is 1. The lowest BCUT2D eigenvalue weighted by Gasteiger charge is -2.34. The van der Waals surface area contributed by atoms with Crippen molar-refractivity contribution >= 4 is 26.7 Å². The van der Waals surface area contributed by atoms with Crippen molar-refractivity contribution in [3.63, 3.8) is 0 Å². The molecule has 0 bridgehead atoms. The Morgan fingerprint density at radius 2 is 1.78 bits per heavy atom. The van der Waals surface area contributed by atoms with Crippen LogP contribution in [0.2, 0.25) is 0 Å². The first-order valence-electron chi connectivity index (χ1n) is 8.11. The average molecular weight is 324 g/mol. The van der Waals surface area contributed by atoms with E-state index >= 15 is 0 Å². The zero-order chi connectivity index (χ0) is 15.5. The van der Waals surface area contributed by atoms with E-state index in [-0.39, 0.29) is 0 Å². The summed E-state index contributed by atoms with van der Waals surface area (Å²) in [6, 6.07) is 14.5. The number of para-hydroxylation sites is 1. The molecular weight excluding hydrogens is 304 g/mol. The van der Waals surface area contributed by atoms with Crippen molar-refractivity contribution in [2.75, 3.05) is 37.6 Å². The summed E-state index contributed by atoms with van der Waals surface area (Å²) in [4.78, 5) is 14.1. The van der Waals surface area contributed by atoms with Crippen LogP contribution in [0.25, 0.3) is 10.2 Å². The van der Waals surface area contributed by atoms with Gasteiger partial charge >= 0.3 is 0 Å². The summed E-state index contributed by atoms with van der Waals surface area (Å²) in [7, 11) is 0. The molecule has 0 N–H and O–H groups in total. The Morgan fingerprint density at radius 1 is 0.957 bits per heavy atom. The molecule has 1 aliphatic rings. The van der Waals surface area contributed by atoms with Gasteiger partial charge in [-0.05, 0) is 24.3 Å². The summed E-state index contributed by atoms with van der Waals surface area (Å²) in [5.41, 5.74) is 2.30. The predicted octanol–water partition coefficient (Wildman–Crippen LogP) is 3.06. The fourth-order valence-corrected chi connectivity index (χ4v) is 3.99. The second-order valence-electron chi connectivity index (χ2n) is 5.86. The van der Waals surface area contributed by atoms with E-state index in [1.807, 2.05) is 12.3 Å². The minimum Gasteiger partial charge on any atom is -0.345 e. The van der Waals surface area contributed by atoms with Crippen LogP contribution in [0.15, 0.2) is 48.7 Å². The average Bonchev–Trinajstić information content (AvgIpc) is 3.05. The van der Waals surface area contributed by atoms with Gasteiger partial charge in [0.2, 0.25) is 0 Å². The number of pyridine rings is 1. The van der Waals surface area contributed by atoms with E-state index in [0.29, 0.717) is 0 Å². The van der Waals surface area contributed by atoms with Crippen LogP contribution >= 0.6 is 11.3 Å². The van der Waals surface area contributed by atoms with E-state index in [9.17, 15) is 0 Å². The molecule has 3 aromatic rings. The summed E-state index contributed by atoms with van der Waals surface area (Å²) < 4.78 is 1.28. The molecule has 4 nitrogen and oxygen atoms in total. The first-order chi connectivity index (χ1) is 11.4. The zero-order valence-corrected chi connectivity index (χ0v) is 13.9. The third-order valence-electron chi connectivity index (χ3n) is 4.34. The van der Waals surface area contributed by atoms with E-state index in [4.69, 9.17) is 4.98 Å². The number of piperazine rings is 1. The number of nitrogens with zero attached hydrogens (tertiary/aromatic N) is 4. The van der Waals surface area contributed by atoms with Gasteiger partial charge in [-0.25, -0.2) is 4.98 Å². The molecule has 0 unspecified atom stereocenters. The molecular formula is C18H20N4S. The highest BCUT2D eigenvalue weighted by Crippen LogP contribution is 2.29. The Morgan fingerprint density at radius 3 is 2.57 bits per heavy atom. The first-order valence-corrected chi connectivity index (χ1v) is 8.93. The Labute approximate surface area is 140 Å². The van der Waals surface area contributed by atoms with Gasteiger partial charge in [0, 0.05) is 51.0 Å². The van der Waals surface area contributed by atoms with E-state index in [2.05, 4.69) is 51.2 Å². The summed E-state index contributed by atoms with van der Waals surface area (Å²) >= 11 is 1.80. The Balaban J connectivity index is 1.33. The van der Waals surface area contributed by atoms with Gasteiger partial charge in [0.15, 0.2) is 5.13 Å². The number of thiazole rings is 1. The summed E-state index contributed by atoms with van der Waals surface area (Å²) in [6.07, 6.45) is 2.91. The molecule has 118 valence electrons. The summed E-state index contributed by atoms with van der Waals surface area (Å²) in [6.45, 7) is 5.40. The second-order valence-corrected chi connectivity index (χ2v) is 6.87. The first kappa shape index (κ1) is 14.6. The highest BCUT2D eigenvalue weighted by atomic mass is 32.1. The van der Waals surface area contributed by atoms with Crippen molar-refractivity contribution in [1.29, 1.82) is 0 Å². The molecule has 0 atom stereocenters. The molecule has 2 aromatic heterocycles. The smallest absolute Gasteiger partial charge is 0.186 e. The minimum absolute atomic E-state index is 1.03. The summed E-state index contributed by atoms with van der Waals surface area (Å²) in [5.74, 6) is 0. The number of benzene rings is 1. The van der Waals surface area contributed by atoms with Gasteiger partial charge in [-0.3, -0.25) is 9.88 Å². The standard InChI is InChI=1S/C18H20N4S/c1-2-7-17-16(6-1)20-18(23-17)22-13-11-21(12-14-22)10-8-15-5-3-4-9-19-15/h1-7,9H,8,10-14H2. The highest BCUT2D eigenvalue weighted by molar-refractivity contribution is 7.22. The molecule has 23 heavy (non-hydrogen) atoms. The number of hydrogen-bond donors (Lipinski definition) is 0. The van der Waals surface area contributed by atoms with Gasteiger partial charge < -0.3 is 4.90 Å². The van der Waals surface area contributed by atoms with Crippen LogP contribution in [0.3, 0.4) is 0 Å². The molecule has 0 radical (unpaired) electrons. The van der Waals surface area contributed by atoms with Crippen LogP contribution in [0.5, 0.6) is 0 Å². The molecule has 0 spiro atoms. The number of aromatic nitrogens is 2. The fourth-order valence-electron chi connectivity index (χ4n) is 2.98. The van der Waals surface area contributed by atoms with Crippen LogP contribution < -0.4 is 4.90 Å². The maximum Gasteiger partial charge on any atom is 0.186 e. The lowest BCUT2D eigenvalue weighted by molar-refractivity contribution is 0.260. The SMILES string of the molecule is c1ccc(CCN2CCN(c3nc4ccccc4s3)CC2)nc1. The molecule has 4 rings (SSSR count). The van der Waals surface area contributed by atoms with Gasteiger partial charge in [-0.2, -0.15) is 0 Å². The quantitative estimate of drug-likeness (QED) is 0.738. The van der Waals surface area contributed by atoms with Gasteiger partial charge in [-0.1, -0.05) is 29.5 Å². The number of anilines is 1. The highest BCUT2D eigenvalue weighted by Gasteiger charge is 2.19. The molecule has 1 saturated heterocycles. The van der Waals surface area contributed by atoms with Gasteiger partial charge in [0.25, 0.3) is 0 Å². The molecule has 0 amide bonds. The summed E-state index contributed by atoms with van der Waals surface area (Å²) in [5, 5.41) is 1.16. The van der Waals surface area contributed by atoms with Gasteiger partial charge in [-0.15, -0.1) is 0 Å². The number of hydrogen-bond acceptors (Lipinski definition) is 5. The van der Waals surface area contributed by atoms with Crippen LogP contribution in [0, 0.1) is 0 Å². The van der Waals surface area contributed by atoms with Crippen LogP contribution in [0.4, 0.5) is 5.13 Å². The maximum absolute atomic E-state index is 4.77. The van der Waals surface area contributed by atoms with E-state index < -0.39 is 0 Å². The van der Waals surface area contributed by atoms with Crippen molar-refractivity contribution in [2.45, 2.75) is 6.42 Å². The zero-order valence-electron chi connectivity index (χ0n) is 13.1. The molecule has 1 fully saturated rings. The van der Waals surface area contributed by atoms with Gasteiger partial charge in [0.05, 0.1) is 10.2 Å². The minimum atomic E-state index is 1.03. The van der Waals surface area contributed by atoms with Crippen molar-refractivity contribution in [3.8, 4) is 0 Å². The van der Waals surface area contributed by atoms with Crippen molar-refractivity contribution in [3.05, 3.63) is 54.4 Å². The van der Waals surface area contributed by atoms with Crippen LogP contribution in [0.1, 0.15) is 5.69 Å². The predicted molar refractivity (Wildman–Crippen MR) is 96.2 cm³/mol. The second kappa shape index (κ2) is 6.64. The normalized spacial score (nSPS) is 16.1. The molecule has 3 heterocycles. The molecule has 0 aliphatic carbocycles. The molecule has 5 heteroatoms. The van der Waals surface area contributed by atoms with Crippen LogP contribution in [-0.4, -0.2) is 47.6 Å². The van der Waals surface area contributed by atoms with E-state index in [1.54, 1.807) is 11.3 Å². The molecule has 0 saturated carbocycles. The maximum atomic E-state index is 4.77. The fraction of sp³-hybridized carbons (Fsp3) is 0.333. The molecule has 1 aromatic carbocycles.